The van der Waals surface area contributed by atoms with Crippen LogP contribution in [0.25, 0.3) is 0 Å². The first-order chi connectivity index (χ1) is 11.8. The van der Waals surface area contributed by atoms with E-state index in [0.717, 1.165) is 31.4 Å². The van der Waals surface area contributed by atoms with Crippen LogP contribution in [0.2, 0.25) is 0 Å². The van der Waals surface area contributed by atoms with Crippen molar-refractivity contribution in [2.24, 2.45) is 5.41 Å². The molecule has 1 atom stereocenters. The van der Waals surface area contributed by atoms with Crippen LogP contribution in [0.3, 0.4) is 0 Å². The predicted molar refractivity (Wildman–Crippen MR) is 82.9 cm³/mol. The number of hydrogen-bond acceptors (Lipinski definition) is 4. The number of aliphatic hydroxyl groups is 1. The number of piperidine rings is 1. The van der Waals surface area contributed by atoms with E-state index in [1.54, 1.807) is 6.20 Å². The first-order valence-corrected chi connectivity index (χ1v) is 8.37. The molecule has 0 radical (unpaired) electrons. The second kappa shape index (κ2) is 6.82. The van der Waals surface area contributed by atoms with Gasteiger partial charge in [-0.25, -0.2) is 4.79 Å². The lowest BCUT2D eigenvalue weighted by Crippen LogP contribution is -2.50. The van der Waals surface area contributed by atoms with E-state index in [9.17, 15) is 18.0 Å². The number of aliphatic hydroxyl groups excluding tert-OH is 1. The SMILES string of the molecule is O=C(O[C@H](CO)C(F)(F)F)N1CCC2(CC1)CC(c1ccccn1)C2. The van der Waals surface area contributed by atoms with Crippen molar-refractivity contribution in [1.29, 1.82) is 0 Å². The second-order valence-electron chi connectivity index (χ2n) is 6.94. The van der Waals surface area contributed by atoms with Crippen LogP contribution in [-0.2, 0) is 4.74 Å². The average Bonchev–Trinajstić information content (AvgIpc) is 2.57. The smallest absolute Gasteiger partial charge is 0.427 e. The molecule has 1 aromatic heterocycles. The number of aromatic nitrogens is 1. The molecule has 1 aliphatic heterocycles. The van der Waals surface area contributed by atoms with Crippen molar-refractivity contribution in [2.45, 2.75) is 43.9 Å². The van der Waals surface area contributed by atoms with Gasteiger partial charge in [0.05, 0.1) is 6.61 Å². The van der Waals surface area contributed by atoms with Gasteiger partial charge in [0.2, 0.25) is 6.10 Å². The summed E-state index contributed by atoms with van der Waals surface area (Å²) in [5, 5.41) is 8.75. The third kappa shape index (κ3) is 3.89. The fraction of sp³-hybridized carbons (Fsp3) is 0.647. The number of amides is 1. The van der Waals surface area contributed by atoms with Gasteiger partial charge >= 0.3 is 12.3 Å². The van der Waals surface area contributed by atoms with Gasteiger partial charge < -0.3 is 14.7 Å². The lowest BCUT2D eigenvalue weighted by atomic mass is 9.57. The Morgan fingerprint density at radius 1 is 1.36 bits per heavy atom. The van der Waals surface area contributed by atoms with Crippen molar-refractivity contribution in [3.8, 4) is 0 Å². The zero-order chi connectivity index (χ0) is 18.1. The number of carbonyl (C=O) groups excluding carboxylic acids is 1. The molecule has 2 fully saturated rings. The normalized spacial score (nSPS) is 21.7. The first kappa shape index (κ1) is 18.0. The van der Waals surface area contributed by atoms with Gasteiger partial charge in [0.25, 0.3) is 0 Å². The van der Waals surface area contributed by atoms with Crippen molar-refractivity contribution in [1.82, 2.24) is 9.88 Å². The van der Waals surface area contributed by atoms with Gasteiger partial charge in [-0.2, -0.15) is 13.2 Å². The van der Waals surface area contributed by atoms with Crippen LogP contribution in [0.4, 0.5) is 18.0 Å². The van der Waals surface area contributed by atoms with E-state index in [-0.39, 0.29) is 5.41 Å². The average molecular weight is 358 g/mol. The van der Waals surface area contributed by atoms with Crippen molar-refractivity contribution >= 4 is 6.09 Å². The molecule has 0 aromatic carbocycles. The summed E-state index contributed by atoms with van der Waals surface area (Å²) in [6.07, 6.45) is -2.96. The van der Waals surface area contributed by atoms with Gasteiger partial charge in [0.15, 0.2) is 0 Å². The number of halogens is 3. The number of likely N-dealkylation sites (tertiary alicyclic amines) is 1. The number of rotatable bonds is 3. The van der Waals surface area contributed by atoms with E-state index in [1.165, 1.54) is 4.90 Å². The molecule has 2 heterocycles. The lowest BCUT2D eigenvalue weighted by molar-refractivity contribution is -0.215. The molecule has 8 heteroatoms. The van der Waals surface area contributed by atoms with E-state index in [4.69, 9.17) is 5.11 Å². The summed E-state index contributed by atoms with van der Waals surface area (Å²) in [5.41, 5.74) is 1.23. The number of nitrogens with zero attached hydrogens (tertiary/aromatic N) is 2. The van der Waals surface area contributed by atoms with E-state index < -0.39 is 25.0 Å². The standard InChI is InChI=1S/C17H21F3N2O3/c18-17(19,20)14(11-23)25-15(24)22-7-4-16(5-8-22)9-12(10-16)13-3-1-2-6-21-13/h1-3,6,12,14,23H,4-5,7-11H2/t14-/m1/s1. The monoisotopic (exact) mass is 358 g/mol. The van der Waals surface area contributed by atoms with Gasteiger partial charge in [0, 0.05) is 30.9 Å². The zero-order valence-electron chi connectivity index (χ0n) is 13.7. The molecule has 25 heavy (non-hydrogen) atoms. The Bertz CT molecular complexity index is 593. The zero-order valence-corrected chi connectivity index (χ0v) is 13.7. The third-order valence-electron chi connectivity index (χ3n) is 5.32. The Labute approximate surface area is 143 Å². The highest BCUT2D eigenvalue weighted by atomic mass is 19.4. The molecule has 0 bridgehead atoms. The van der Waals surface area contributed by atoms with Gasteiger partial charge in [-0.3, -0.25) is 4.98 Å². The molecule has 5 nitrogen and oxygen atoms in total. The van der Waals surface area contributed by atoms with Crippen LogP contribution in [0, 0.1) is 5.41 Å². The minimum absolute atomic E-state index is 0.152. The van der Waals surface area contributed by atoms with E-state index in [0.29, 0.717) is 19.0 Å². The highest BCUT2D eigenvalue weighted by molar-refractivity contribution is 5.68. The minimum Gasteiger partial charge on any atom is -0.434 e. The Morgan fingerprint density at radius 2 is 2.04 bits per heavy atom. The number of carbonyl (C=O) groups is 1. The fourth-order valence-corrected chi connectivity index (χ4v) is 3.79. The quantitative estimate of drug-likeness (QED) is 0.902. The maximum atomic E-state index is 12.6. The molecule has 1 amide bonds. The molecule has 1 saturated heterocycles. The molecule has 138 valence electrons. The molecule has 0 unspecified atom stereocenters. The predicted octanol–water partition coefficient (Wildman–Crippen LogP) is 3.10. The van der Waals surface area contributed by atoms with Crippen molar-refractivity contribution in [3.63, 3.8) is 0 Å². The summed E-state index contributed by atoms with van der Waals surface area (Å²) < 4.78 is 42.1. The fourth-order valence-electron chi connectivity index (χ4n) is 3.79. The summed E-state index contributed by atoms with van der Waals surface area (Å²) in [4.78, 5) is 17.6. The third-order valence-corrected chi connectivity index (χ3v) is 5.32. The number of ether oxygens (including phenoxy) is 1. The Balaban J connectivity index is 1.49. The van der Waals surface area contributed by atoms with E-state index >= 15 is 0 Å². The maximum absolute atomic E-state index is 12.6. The lowest BCUT2D eigenvalue weighted by Gasteiger charge is -2.52. The highest BCUT2D eigenvalue weighted by Crippen LogP contribution is 2.56. The van der Waals surface area contributed by atoms with Crippen molar-refractivity contribution in [2.75, 3.05) is 19.7 Å². The molecule has 1 N–H and O–H groups in total. The second-order valence-corrected chi connectivity index (χ2v) is 6.94. The molecule has 1 aliphatic carbocycles. The molecule has 1 aromatic rings. The number of alkyl halides is 3. The van der Waals surface area contributed by atoms with Crippen LogP contribution in [0.5, 0.6) is 0 Å². The highest BCUT2D eigenvalue weighted by Gasteiger charge is 2.48. The largest absolute Gasteiger partial charge is 0.434 e. The summed E-state index contributed by atoms with van der Waals surface area (Å²) in [6, 6.07) is 5.85. The minimum atomic E-state index is -4.76. The topological polar surface area (TPSA) is 62.7 Å². The molecule has 1 spiro atoms. The molecule has 2 aliphatic rings. The van der Waals surface area contributed by atoms with Gasteiger partial charge in [0.1, 0.15) is 0 Å². The molecular formula is C17H21F3N2O3. The van der Waals surface area contributed by atoms with E-state index in [1.807, 2.05) is 18.2 Å². The van der Waals surface area contributed by atoms with E-state index in [2.05, 4.69) is 9.72 Å². The summed E-state index contributed by atoms with van der Waals surface area (Å²) in [7, 11) is 0. The molecule has 3 rings (SSSR count). The van der Waals surface area contributed by atoms with Gasteiger partial charge in [-0.15, -0.1) is 0 Å². The van der Waals surface area contributed by atoms with Crippen LogP contribution in [0.15, 0.2) is 24.4 Å². The Hall–Kier alpha value is -1.83. The Kier molecular flexibility index (Phi) is 4.90. The maximum Gasteiger partial charge on any atom is 0.427 e. The van der Waals surface area contributed by atoms with Crippen molar-refractivity contribution < 1.29 is 27.8 Å². The summed E-state index contributed by atoms with van der Waals surface area (Å²) in [5.74, 6) is 0.420. The number of pyridine rings is 1. The van der Waals surface area contributed by atoms with Gasteiger partial charge in [-0.05, 0) is 43.2 Å². The van der Waals surface area contributed by atoms with Crippen LogP contribution >= 0.6 is 0 Å². The number of hydrogen-bond donors (Lipinski definition) is 1. The van der Waals surface area contributed by atoms with Gasteiger partial charge in [-0.1, -0.05) is 6.07 Å². The Morgan fingerprint density at radius 3 is 2.56 bits per heavy atom. The van der Waals surface area contributed by atoms with Crippen LogP contribution in [-0.4, -0.2) is 53.1 Å². The van der Waals surface area contributed by atoms with Crippen molar-refractivity contribution in [3.05, 3.63) is 30.1 Å². The summed E-state index contributed by atoms with van der Waals surface area (Å²) in [6.45, 7) is -0.508. The van der Waals surface area contributed by atoms with Crippen LogP contribution in [0.1, 0.15) is 37.3 Å². The van der Waals surface area contributed by atoms with Crippen LogP contribution < -0.4 is 0 Å². The summed E-state index contributed by atoms with van der Waals surface area (Å²) >= 11 is 0. The first-order valence-electron chi connectivity index (χ1n) is 8.37. The molecule has 1 saturated carbocycles. The molecular weight excluding hydrogens is 337 g/mol.